The van der Waals surface area contributed by atoms with E-state index in [1.165, 1.54) is 0 Å². The van der Waals surface area contributed by atoms with Gasteiger partial charge in [0.05, 0.1) is 5.92 Å². The van der Waals surface area contributed by atoms with E-state index in [0.717, 1.165) is 25.2 Å². The van der Waals surface area contributed by atoms with Gasteiger partial charge in [0.1, 0.15) is 5.75 Å². The predicted octanol–water partition coefficient (Wildman–Crippen LogP) is 0.703. The molecule has 114 valence electrons. The molecule has 1 fully saturated rings. The van der Waals surface area contributed by atoms with E-state index >= 15 is 0 Å². The molecular weight excluding hydrogens is 272 g/mol. The van der Waals surface area contributed by atoms with Gasteiger partial charge in [0, 0.05) is 19.6 Å². The molecule has 1 heterocycles. The van der Waals surface area contributed by atoms with Gasteiger partial charge in [0.15, 0.2) is 6.61 Å². The van der Waals surface area contributed by atoms with E-state index in [4.69, 9.17) is 15.6 Å². The van der Waals surface area contributed by atoms with Crippen LogP contribution in [0, 0.1) is 11.8 Å². The van der Waals surface area contributed by atoms with E-state index in [-0.39, 0.29) is 18.4 Å². The minimum atomic E-state index is -0.726. The second-order valence-electron chi connectivity index (χ2n) is 5.48. The fourth-order valence-electron chi connectivity index (χ4n) is 2.36. The number of nitrogens with two attached hydrogens (primary N) is 1. The first-order valence-electron chi connectivity index (χ1n) is 6.91. The molecule has 0 bridgehead atoms. The summed E-state index contributed by atoms with van der Waals surface area (Å²) in [6, 6.07) is 7.47. The van der Waals surface area contributed by atoms with Crippen molar-refractivity contribution in [3.05, 3.63) is 29.8 Å². The van der Waals surface area contributed by atoms with Gasteiger partial charge in [-0.1, -0.05) is 19.1 Å². The Bertz CT molecular complexity index is 509. The summed E-state index contributed by atoms with van der Waals surface area (Å²) in [7, 11) is 0. The smallest absolute Gasteiger partial charge is 0.306 e. The van der Waals surface area contributed by atoms with Crippen molar-refractivity contribution in [3.63, 3.8) is 0 Å². The van der Waals surface area contributed by atoms with Gasteiger partial charge in [0.2, 0.25) is 0 Å². The first kappa shape index (κ1) is 15.3. The van der Waals surface area contributed by atoms with Crippen molar-refractivity contribution >= 4 is 11.9 Å². The monoisotopic (exact) mass is 292 g/mol. The zero-order valence-corrected chi connectivity index (χ0v) is 12.0. The van der Waals surface area contributed by atoms with Crippen molar-refractivity contribution < 1.29 is 19.4 Å². The zero-order chi connectivity index (χ0) is 15.4. The molecule has 1 saturated heterocycles. The lowest BCUT2D eigenvalue weighted by Gasteiger charge is -2.41. The van der Waals surface area contributed by atoms with Crippen LogP contribution in [0.1, 0.15) is 12.5 Å². The highest BCUT2D eigenvalue weighted by Crippen LogP contribution is 2.26. The lowest BCUT2D eigenvalue weighted by atomic mass is 9.87. The Morgan fingerprint density at radius 3 is 2.52 bits per heavy atom. The van der Waals surface area contributed by atoms with Gasteiger partial charge in [-0.3, -0.25) is 14.5 Å². The third-order valence-electron chi connectivity index (χ3n) is 3.79. The van der Waals surface area contributed by atoms with Gasteiger partial charge in [-0.05, 0) is 23.6 Å². The van der Waals surface area contributed by atoms with E-state index in [9.17, 15) is 9.59 Å². The van der Waals surface area contributed by atoms with Gasteiger partial charge in [-0.15, -0.1) is 0 Å². The standard InChI is InChI=1S/C15H20N2O4/c1-10(15(19)20)12-7-17(8-12)6-11-2-4-13(5-3-11)21-9-14(16)18/h2-5,10,12H,6-9H2,1H3,(H2,16,18)(H,19,20). The van der Waals surface area contributed by atoms with Crippen LogP contribution in [0.2, 0.25) is 0 Å². The van der Waals surface area contributed by atoms with Gasteiger partial charge < -0.3 is 15.6 Å². The van der Waals surface area contributed by atoms with Gasteiger partial charge in [0.25, 0.3) is 5.91 Å². The van der Waals surface area contributed by atoms with Crippen LogP contribution in [-0.4, -0.2) is 41.6 Å². The Labute approximate surface area is 123 Å². The molecule has 1 amide bonds. The van der Waals surface area contributed by atoms with Crippen molar-refractivity contribution in [3.8, 4) is 5.75 Å². The molecule has 0 spiro atoms. The maximum Gasteiger partial charge on any atom is 0.306 e. The number of likely N-dealkylation sites (tertiary alicyclic amines) is 1. The van der Waals surface area contributed by atoms with Crippen molar-refractivity contribution in [1.29, 1.82) is 0 Å². The fraction of sp³-hybridized carbons (Fsp3) is 0.467. The van der Waals surface area contributed by atoms with Crippen LogP contribution in [0.3, 0.4) is 0 Å². The Kier molecular flexibility index (Phi) is 4.80. The molecule has 1 aromatic carbocycles. The molecule has 0 radical (unpaired) electrons. The number of benzene rings is 1. The number of carbonyl (C=O) groups is 2. The Hall–Kier alpha value is -2.08. The molecule has 3 N–H and O–H groups in total. The average molecular weight is 292 g/mol. The van der Waals surface area contributed by atoms with Crippen LogP contribution in [-0.2, 0) is 16.1 Å². The number of hydrogen-bond donors (Lipinski definition) is 2. The number of rotatable bonds is 7. The first-order valence-corrected chi connectivity index (χ1v) is 6.91. The highest BCUT2D eigenvalue weighted by Gasteiger charge is 2.34. The molecule has 6 heteroatoms. The van der Waals surface area contributed by atoms with Crippen molar-refractivity contribution in [2.75, 3.05) is 19.7 Å². The molecule has 1 aliphatic rings. The highest BCUT2D eigenvalue weighted by molar-refractivity contribution is 5.75. The lowest BCUT2D eigenvalue weighted by molar-refractivity contribution is -0.145. The average Bonchev–Trinajstić information content (AvgIpc) is 2.40. The third kappa shape index (κ3) is 4.19. The summed E-state index contributed by atoms with van der Waals surface area (Å²) >= 11 is 0. The van der Waals surface area contributed by atoms with Crippen LogP contribution < -0.4 is 10.5 Å². The maximum atomic E-state index is 10.9. The number of hydrogen-bond acceptors (Lipinski definition) is 4. The quantitative estimate of drug-likeness (QED) is 0.772. The number of carbonyl (C=O) groups excluding carboxylic acids is 1. The Morgan fingerprint density at radius 2 is 2.00 bits per heavy atom. The van der Waals surface area contributed by atoms with Crippen LogP contribution in [0.25, 0.3) is 0 Å². The zero-order valence-electron chi connectivity index (χ0n) is 12.0. The minimum absolute atomic E-state index is 0.125. The topological polar surface area (TPSA) is 92.9 Å². The summed E-state index contributed by atoms with van der Waals surface area (Å²) in [5.41, 5.74) is 6.14. The molecule has 1 aromatic rings. The van der Waals surface area contributed by atoms with E-state index in [0.29, 0.717) is 5.75 Å². The maximum absolute atomic E-state index is 10.9. The highest BCUT2D eigenvalue weighted by atomic mass is 16.5. The fourth-order valence-corrected chi connectivity index (χ4v) is 2.36. The molecule has 1 unspecified atom stereocenters. The summed E-state index contributed by atoms with van der Waals surface area (Å²) in [5, 5.41) is 8.95. The van der Waals surface area contributed by atoms with Gasteiger partial charge >= 0.3 is 5.97 Å². The molecule has 6 nitrogen and oxygen atoms in total. The number of carboxylic acid groups (broad SMARTS) is 1. The lowest BCUT2D eigenvalue weighted by Crippen LogP contribution is -2.50. The summed E-state index contributed by atoms with van der Waals surface area (Å²) in [6.45, 7) is 4.05. The number of carboxylic acids is 1. The largest absolute Gasteiger partial charge is 0.484 e. The number of ether oxygens (including phenoxy) is 1. The number of nitrogens with zero attached hydrogens (tertiary/aromatic N) is 1. The summed E-state index contributed by atoms with van der Waals surface area (Å²) < 4.78 is 5.19. The third-order valence-corrected chi connectivity index (χ3v) is 3.79. The molecule has 0 aliphatic carbocycles. The van der Waals surface area contributed by atoms with Crippen LogP contribution in [0.4, 0.5) is 0 Å². The second-order valence-corrected chi connectivity index (χ2v) is 5.48. The first-order chi connectivity index (χ1) is 9.95. The van der Waals surface area contributed by atoms with Crippen LogP contribution in [0.5, 0.6) is 5.75 Å². The van der Waals surface area contributed by atoms with Crippen molar-refractivity contribution in [1.82, 2.24) is 4.90 Å². The molecule has 0 aromatic heterocycles. The molecule has 1 aliphatic heterocycles. The predicted molar refractivity (Wildman–Crippen MR) is 76.7 cm³/mol. The number of aliphatic carboxylic acids is 1. The van der Waals surface area contributed by atoms with Gasteiger partial charge in [-0.2, -0.15) is 0 Å². The Balaban J connectivity index is 1.77. The Morgan fingerprint density at radius 1 is 1.38 bits per heavy atom. The van der Waals surface area contributed by atoms with Gasteiger partial charge in [-0.25, -0.2) is 0 Å². The van der Waals surface area contributed by atoms with Crippen molar-refractivity contribution in [2.24, 2.45) is 17.6 Å². The number of primary amides is 1. The van der Waals surface area contributed by atoms with Crippen LogP contribution >= 0.6 is 0 Å². The van der Waals surface area contributed by atoms with Crippen LogP contribution in [0.15, 0.2) is 24.3 Å². The van der Waals surface area contributed by atoms with E-state index < -0.39 is 11.9 Å². The summed E-state index contributed by atoms with van der Waals surface area (Å²) in [4.78, 5) is 23.7. The second kappa shape index (κ2) is 6.58. The van der Waals surface area contributed by atoms with E-state index in [1.807, 2.05) is 12.1 Å². The molecular formula is C15H20N2O4. The SMILES string of the molecule is CC(C(=O)O)C1CN(Cc2ccc(OCC(N)=O)cc2)C1. The molecule has 1 atom stereocenters. The molecule has 21 heavy (non-hydrogen) atoms. The summed E-state index contributed by atoms with van der Waals surface area (Å²) in [5.74, 6) is -0.668. The van der Waals surface area contributed by atoms with E-state index in [1.54, 1.807) is 19.1 Å². The van der Waals surface area contributed by atoms with Crippen molar-refractivity contribution in [2.45, 2.75) is 13.5 Å². The number of amides is 1. The summed E-state index contributed by atoms with van der Waals surface area (Å²) in [6.07, 6.45) is 0. The van der Waals surface area contributed by atoms with E-state index in [2.05, 4.69) is 4.90 Å². The minimum Gasteiger partial charge on any atom is -0.484 e. The molecule has 0 saturated carbocycles. The normalized spacial score (nSPS) is 17.0. The molecule has 2 rings (SSSR count).